The third kappa shape index (κ3) is 6.13. The fourth-order valence-corrected chi connectivity index (χ4v) is 4.20. The first-order valence-electron chi connectivity index (χ1n) is 7.43. The van der Waals surface area contributed by atoms with Crippen molar-refractivity contribution < 1.29 is 41.7 Å². The molecule has 1 saturated heterocycles. The first kappa shape index (κ1) is 21.1. The summed E-state index contributed by atoms with van der Waals surface area (Å²) in [6.45, 7) is 8.03. The minimum atomic E-state index is -3.93. The molecule has 0 aromatic carbocycles. The predicted molar refractivity (Wildman–Crippen MR) is 85.0 cm³/mol. The SMILES string of the molecule is C=C(C)CS(=O)(=O)C1OC[C@@H](OC(C)=O)[C@H](OC(C)=O)[C@@H]1OC(C)=O. The molecule has 0 amide bonds. The van der Waals surface area contributed by atoms with Crippen molar-refractivity contribution in [3.8, 4) is 0 Å². The van der Waals surface area contributed by atoms with Crippen LogP contribution in [0.1, 0.15) is 27.7 Å². The Kier molecular flexibility index (Phi) is 7.12. The number of carbonyl (C=O) groups excluding carboxylic acids is 3. The minimum absolute atomic E-state index is 0.338. The van der Waals surface area contributed by atoms with Crippen LogP contribution in [0.4, 0.5) is 0 Å². The number of hydrogen-bond donors (Lipinski definition) is 0. The Hall–Kier alpha value is -1.94. The van der Waals surface area contributed by atoms with Gasteiger partial charge >= 0.3 is 17.9 Å². The van der Waals surface area contributed by atoms with Crippen molar-refractivity contribution in [1.29, 1.82) is 0 Å². The van der Waals surface area contributed by atoms with Crippen molar-refractivity contribution >= 4 is 27.7 Å². The lowest BCUT2D eigenvalue weighted by Gasteiger charge is -2.40. The average Bonchev–Trinajstić information content (AvgIpc) is 2.38. The van der Waals surface area contributed by atoms with Crippen molar-refractivity contribution in [2.45, 2.75) is 51.4 Å². The van der Waals surface area contributed by atoms with E-state index in [1.165, 1.54) is 6.92 Å². The van der Waals surface area contributed by atoms with E-state index in [9.17, 15) is 22.8 Å². The molecule has 0 saturated carbocycles. The average molecular weight is 378 g/mol. The van der Waals surface area contributed by atoms with Crippen molar-refractivity contribution in [3.05, 3.63) is 12.2 Å². The van der Waals surface area contributed by atoms with Crippen LogP contribution in [0.2, 0.25) is 0 Å². The summed E-state index contributed by atoms with van der Waals surface area (Å²) >= 11 is 0. The van der Waals surface area contributed by atoms with E-state index >= 15 is 0 Å². The van der Waals surface area contributed by atoms with Crippen LogP contribution in [-0.4, -0.2) is 62.4 Å². The Bertz CT molecular complexity index is 652. The molecule has 142 valence electrons. The normalized spacial score (nSPS) is 26.4. The molecule has 1 unspecified atom stereocenters. The van der Waals surface area contributed by atoms with Crippen molar-refractivity contribution in [1.82, 2.24) is 0 Å². The Morgan fingerprint density at radius 3 is 1.88 bits per heavy atom. The summed E-state index contributed by atoms with van der Waals surface area (Å²) in [6, 6.07) is 0. The zero-order valence-corrected chi connectivity index (χ0v) is 15.3. The van der Waals surface area contributed by atoms with Gasteiger partial charge in [-0.05, 0) is 6.92 Å². The molecule has 1 fully saturated rings. The highest BCUT2D eigenvalue weighted by Crippen LogP contribution is 2.28. The number of esters is 3. The van der Waals surface area contributed by atoms with Gasteiger partial charge in [0, 0.05) is 20.8 Å². The molecule has 1 rings (SSSR count). The van der Waals surface area contributed by atoms with Gasteiger partial charge in [-0.3, -0.25) is 14.4 Å². The first-order chi connectivity index (χ1) is 11.4. The van der Waals surface area contributed by atoms with E-state index in [0.717, 1.165) is 20.8 Å². The van der Waals surface area contributed by atoms with Gasteiger partial charge < -0.3 is 18.9 Å². The molecule has 9 nitrogen and oxygen atoms in total. The smallest absolute Gasteiger partial charge is 0.303 e. The quantitative estimate of drug-likeness (QED) is 0.360. The standard InChI is InChI=1S/C15H22O9S/c1-8(2)7-25(19,20)15-14(24-11(5)18)13(23-10(4)17)12(6-21-15)22-9(3)16/h12-15H,1,6-7H2,2-5H3/t12-,13+,14+,15?/m1/s1. The second-order valence-electron chi connectivity index (χ2n) is 5.76. The molecule has 0 bridgehead atoms. The van der Waals surface area contributed by atoms with Gasteiger partial charge in [0.15, 0.2) is 33.6 Å². The summed E-state index contributed by atoms with van der Waals surface area (Å²) in [4.78, 5) is 34.1. The largest absolute Gasteiger partial charge is 0.456 e. The van der Waals surface area contributed by atoms with Crippen molar-refractivity contribution in [3.63, 3.8) is 0 Å². The molecule has 1 aliphatic rings. The van der Waals surface area contributed by atoms with Crippen molar-refractivity contribution in [2.75, 3.05) is 12.4 Å². The van der Waals surface area contributed by atoms with E-state index in [1.807, 2.05) is 0 Å². The van der Waals surface area contributed by atoms with Crippen LogP contribution in [0, 0.1) is 0 Å². The lowest BCUT2D eigenvalue weighted by molar-refractivity contribution is -0.214. The Labute approximate surface area is 146 Å². The van der Waals surface area contributed by atoms with Crippen LogP contribution in [0.25, 0.3) is 0 Å². The van der Waals surface area contributed by atoms with Crippen LogP contribution >= 0.6 is 0 Å². The van der Waals surface area contributed by atoms with E-state index in [2.05, 4.69) is 6.58 Å². The Morgan fingerprint density at radius 2 is 1.44 bits per heavy atom. The highest BCUT2D eigenvalue weighted by Gasteiger charge is 2.51. The molecule has 1 heterocycles. The number of carbonyl (C=O) groups is 3. The number of rotatable bonds is 6. The van der Waals surface area contributed by atoms with Gasteiger partial charge in [0.1, 0.15) is 0 Å². The Balaban J connectivity index is 3.26. The van der Waals surface area contributed by atoms with E-state index in [4.69, 9.17) is 18.9 Å². The summed E-state index contributed by atoms with van der Waals surface area (Å²) in [5.41, 5.74) is -1.22. The van der Waals surface area contributed by atoms with Crippen LogP contribution in [-0.2, 0) is 43.2 Å². The molecule has 0 aliphatic carbocycles. The van der Waals surface area contributed by atoms with Gasteiger partial charge in [-0.25, -0.2) is 8.42 Å². The zero-order valence-electron chi connectivity index (χ0n) is 14.5. The van der Waals surface area contributed by atoms with Gasteiger partial charge in [0.05, 0.1) is 12.4 Å². The van der Waals surface area contributed by atoms with Gasteiger partial charge in [0.2, 0.25) is 0 Å². The molecule has 4 atom stereocenters. The lowest BCUT2D eigenvalue weighted by atomic mass is 10.1. The van der Waals surface area contributed by atoms with Gasteiger partial charge in [0.25, 0.3) is 0 Å². The maximum atomic E-state index is 12.5. The topological polar surface area (TPSA) is 122 Å². The third-order valence-electron chi connectivity index (χ3n) is 3.11. The maximum Gasteiger partial charge on any atom is 0.303 e. The summed E-state index contributed by atoms with van der Waals surface area (Å²) in [6.07, 6.45) is -3.91. The summed E-state index contributed by atoms with van der Waals surface area (Å²) < 4.78 is 45.5. The van der Waals surface area contributed by atoms with Crippen LogP contribution in [0.5, 0.6) is 0 Å². The molecular formula is C15H22O9S. The van der Waals surface area contributed by atoms with Crippen LogP contribution in [0.3, 0.4) is 0 Å². The number of sulfone groups is 1. The minimum Gasteiger partial charge on any atom is -0.456 e. The van der Waals surface area contributed by atoms with Gasteiger partial charge in [-0.2, -0.15) is 0 Å². The fourth-order valence-electron chi connectivity index (χ4n) is 2.44. The molecule has 0 N–H and O–H groups in total. The number of hydrogen-bond acceptors (Lipinski definition) is 9. The highest BCUT2D eigenvalue weighted by atomic mass is 32.2. The number of ether oxygens (including phenoxy) is 4. The predicted octanol–water partition coefficient (Wildman–Crippen LogP) is 0.129. The summed E-state index contributed by atoms with van der Waals surface area (Å²) in [7, 11) is -3.93. The molecule has 0 spiro atoms. The highest BCUT2D eigenvalue weighted by molar-refractivity contribution is 7.92. The first-order valence-corrected chi connectivity index (χ1v) is 9.14. The third-order valence-corrected chi connectivity index (χ3v) is 5.11. The van der Waals surface area contributed by atoms with Gasteiger partial charge in [-0.1, -0.05) is 12.2 Å². The van der Waals surface area contributed by atoms with Crippen molar-refractivity contribution in [2.24, 2.45) is 0 Å². The molecule has 0 radical (unpaired) electrons. The lowest BCUT2D eigenvalue weighted by Crippen LogP contribution is -2.59. The molecule has 25 heavy (non-hydrogen) atoms. The summed E-state index contributed by atoms with van der Waals surface area (Å²) in [5.74, 6) is -2.64. The summed E-state index contributed by atoms with van der Waals surface area (Å²) in [5, 5.41) is 0. The molecular weight excluding hydrogens is 356 g/mol. The molecule has 0 aromatic rings. The second kappa shape index (κ2) is 8.43. The Morgan fingerprint density at radius 1 is 0.960 bits per heavy atom. The molecule has 1 aliphatic heterocycles. The maximum absolute atomic E-state index is 12.5. The van der Waals surface area contributed by atoms with E-state index in [0.29, 0.717) is 5.57 Å². The molecule has 10 heteroatoms. The fraction of sp³-hybridized carbons (Fsp3) is 0.667. The van der Waals surface area contributed by atoms with Gasteiger partial charge in [-0.15, -0.1) is 0 Å². The van der Waals surface area contributed by atoms with E-state index in [1.54, 1.807) is 0 Å². The van der Waals surface area contributed by atoms with Crippen LogP contribution < -0.4 is 0 Å². The zero-order chi connectivity index (χ0) is 19.4. The second-order valence-corrected chi connectivity index (χ2v) is 7.84. The van der Waals surface area contributed by atoms with E-state index < -0.39 is 57.2 Å². The monoisotopic (exact) mass is 378 g/mol. The van der Waals surface area contributed by atoms with E-state index in [-0.39, 0.29) is 6.61 Å². The van der Waals surface area contributed by atoms with Crippen LogP contribution in [0.15, 0.2) is 12.2 Å². The molecule has 0 aromatic heterocycles.